The largest absolute Gasteiger partial charge is 0.476 e. The summed E-state index contributed by atoms with van der Waals surface area (Å²) in [4.78, 5) is 76.6. The van der Waals surface area contributed by atoms with Crippen molar-refractivity contribution in [1.29, 1.82) is 5.26 Å². The summed E-state index contributed by atoms with van der Waals surface area (Å²) in [5, 5.41) is 22.0. The number of esters is 1. The zero-order chi connectivity index (χ0) is 65.1. The van der Waals surface area contributed by atoms with Crippen LogP contribution in [0.1, 0.15) is 138 Å². The number of rotatable bonds is 34. The van der Waals surface area contributed by atoms with Gasteiger partial charge in [0.1, 0.15) is 24.3 Å². The van der Waals surface area contributed by atoms with Crippen molar-refractivity contribution in [2.75, 3.05) is 55.3 Å². The van der Waals surface area contributed by atoms with E-state index in [4.69, 9.17) is 48.0 Å². The highest BCUT2D eigenvalue weighted by Gasteiger charge is 2.42. The molecule has 4 N–H and O–H groups in total. The quantitative estimate of drug-likeness (QED) is 0.00844. The van der Waals surface area contributed by atoms with Crippen LogP contribution in [0.15, 0.2) is 12.7 Å². The minimum Gasteiger partial charge on any atom is -0.476 e. The second kappa shape index (κ2) is 35.2. The molecule has 4 aromatic heterocycles. The number of imidazole rings is 2. The van der Waals surface area contributed by atoms with Crippen LogP contribution in [0, 0.1) is 11.3 Å². The van der Waals surface area contributed by atoms with Gasteiger partial charge in [-0.25, -0.2) is 14.6 Å². The van der Waals surface area contributed by atoms with Gasteiger partial charge in [-0.2, -0.15) is 37.0 Å². The number of nitrogens with one attached hydrogen (secondary N) is 4. The summed E-state index contributed by atoms with van der Waals surface area (Å²) >= 11 is 1.85. The lowest BCUT2D eigenvalue weighted by Crippen LogP contribution is -2.35. The predicted octanol–water partition coefficient (Wildman–Crippen LogP) is 11.2. The maximum absolute atomic E-state index is 12.5. The fourth-order valence-electron chi connectivity index (χ4n) is 10.4. The van der Waals surface area contributed by atoms with Gasteiger partial charge in [-0.1, -0.05) is 74.7 Å². The lowest BCUT2D eigenvalue weighted by molar-refractivity contribution is -0.152. The van der Waals surface area contributed by atoms with E-state index in [-0.39, 0.29) is 80.4 Å². The van der Waals surface area contributed by atoms with E-state index in [1.807, 2.05) is 38.6 Å². The summed E-state index contributed by atoms with van der Waals surface area (Å²) in [6, 6.07) is 4.49. The number of amides is 2. The van der Waals surface area contributed by atoms with Gasteiger partial charge in [-0.3, -0.25) is 23.5 Å². The molecular formula is C59H97N14O11PS3Si2. The van der Waals surface area contributed by atoms with E-state index in [9.17, 15) is 19.2 Å². The van der Waals surface area contributed by atoms with E-state index in [2.05, 4.69) is 126 Å². The summed E-state index contributed by atoms with van der Waals surface area (Å²) in [6.07, 6.45) is 8.58. The van der Waals surface area contributed by atoms with Crippen molar-refractivity contribution in [1.82, 2.24) is 54.3 Å². The maximum atomic E-state index is 12.5. The molecule has 4 aliphatic rings. The lowest BCUT2D eigenvalue weighted by atomic mass is 10.1. The van der Waals surface area contributed by atoms with Gasteiger partial charge in [0.15, 0.2) is 22.3 Å². The first-order valence-electron chi connectivity index (χ1n) is 31.8. The van der Waals surface area contributed by atoms with Crippen molar-refractivity contribution in [3.8, 4) is 17.8 Å². The van der Waals surface area contributed by atoms with Crippen LogP contribution < -0.4 is 30.7 Å². The SMILES string of the molecule is CC[C@H]1O[C@@H](n2cnc3c(OCC[Si](C)(C)C)nc(NCNC(=O)CC4CCCS4)nc32)CC1OC(=O)CCC(C)=O.CC[C@H]1O[C@@H](n2cnc3c(OCC[Si](C)(C)C)nc(NCNC(=O)CC4CCSS4)nc32)CC1OP(OCCC#N)N(C(C)C)C(C)C. The predicted molar refractivity (Wildman–Crippen MR) is 362 cm³/mol. The third-order valence-electron chi connectivity index (χ3n) is 15.2. The highest BCUT2D eigenvalue weighted by molar-refractivity contribution is 8.77. The molecule has 0 aromatic carbocycles. The average Bonchev–Trinajstić information content (AvgIpc) is 1.63. The molecule has 4 saturated heterocycles. The Bertz CT molecular complexity index is 3010. The van der Waals surface area contributed by atoms with E-state index in [1.165, 1.54) is 6.92 Å². The number of fused-ring (bicyclic) bond motifs is 2. The number of ether oxygens (including phenoxy) is 5. The number of anilines is 2. The fraction of sp³-hybridized carbons (Fsp3) is 0.746. The topological polar surface area (TPSA) is 295 Å². The van der Waals surface area contributed by atoms with Gasteiger partial charge in [0.05, 0.1) is 83.0 Å². The zero-order valence-corrected chi connectivity index (χ0v) is 60.3. The molecule has 0 radical (unpaired) electrons. The molecule has 0 saturated carbocycles. The maximum Gasteiger partial charge on any atom is 0.306 e. The monoisotopic (exact) mass is 1360 g/mol. The molecule has 4 aliphatic heterocycles. The highest BCUT2D eigenvalue weighted by Crippen LogP contribution is 2.51. The van der Waals surface area contributed by atoms with Gasteiger partial charge in [-0.05, 0) is 84.6 Å². The normalized spacial score (nSPS) is 22.2. The van der Waals surface area contributed by atoms with Crippen LogP contribution >= 0.6 is 41.9 Å². The molecule has 0 aliphatic carbocycles. The Morgan fingerprint density at radius 2 is 1.28 bits per heavy atom. The zero-order valence-electron chi connectivity index (χ0n) is 54.9. The Balaban J connectivity index is 0.000000258. The number of carbonyl (C=O) groups excluding carboxylic acids is 4. The highest BCUT2D eigenvalue weighted by atomic mass is 33.1. The molecule has 2 amide bonds. The van der Waals surface area contributed by atoms with Gasteiger partial charge in [0.25, 0.3) is 8.53 Å². The van der Waals surface area contributed by atoms with Crippen LogP contribution in [-0.2, 0) is 42.4 Å². The van der Waals surface area contributed by atoms with Crippen LogP contribution in [0.25, 0.3) is 22.3 Å². The van der Waals surface area contributed by atoms with Crippen molar-refractivity contribution in [2.24, 2.45) is 0 Å². The molecule has 5 unspecified atom stereocenters. The van der Waals surface area contributed by atoms with E-state index in [0.29, 0.717) is 115 Å². The smallest absolute Gasteiger partial charge is 0.306 e. The third kappa shape index (κ3) is 22.4. The third-order valence-corrected chi connectivity index (χ3v) is 25.1. The van der Waals surface area contributed by atoms with Crippen LogP contribution in [0.3, 0.4) is 0 Å². The van der Waals surface area contributed by atoms with Gasteiger partial charge in [0.2, 0.25) is 35.5 Å². The summed E-state index contributed by atoms with van der Waals surface area (Å²) in [6.45, 7) is 29.5. The lowest BCUT2D eigenvalue weighted by Gasteiger charge is -2.37. The van der Waals surface area contributed by atoms with Crippen molar-refractivity contribution in [2.45, 2.75) is 236 Å². The molecule has 0 bridgehead atoms. The summed E-state index contributed by atoms with van der Waals surface area (Å²) in [5.41, 5.74) is 2.18. The summed E-state index contributed by atoms with van der Waals surface area (Å²) in [5.74, 6) is 3.16. The van der Waals surface area contributed by atoms with Gasteiger partial charge in [-0.15, -0.1) is 0 Å². The minimum absolute atomic E-state index is 0.00120. The standard InChI is InChI=1S/C31H53N8O5PS2Si.C28H44N6O6SSi/c1-9-24-25(44-45(42-13-10-12-32)39(21(2)3)22(4)5)18-27(43-24)38-20-35-28-29(38)36-31(37-30(28)41-14-16-48(6,7)8)34-19-33-26(40)17-23-11-15-46-47-23;1-6-20-21(40-24(37)10-9-18(2)35)15-23(39-20)34-17-31-25-26(34)32-28(33-27(25)38-11-13-42(3,4)5)30-16-29-22(36)14-19-8-7-12-41-19/h20-25,27H,9-11,13-19H2,1-8H3,(H,33,40)(H,34,36,37);17,19-21,23H,6-16H2,1-5H3,(H,29,36)(H,30,32,33)/t23?,24-,25?,27-,45?;19?,20-,21?,23-/m11/s1. The van der Waals surface area contributed by atoms with E-state index in [1.54, 1.807) is 23.4 Å². The molecule has 8 heterocycles. The molecule has 9 atom stereocenters. The Morgan fingerprint density at radius 1 is 0.744 bits per heavy atom. The first-order valence-corrected chi connectivity index (χ1v) is 43.8. The van der Waals surface area contributed by atoms with Crippen LogP contribution in [0.5, 0.6) is 11.8 Å². The molecule has 4 aromatic rings. The Kier molecular flexibility index (Phi) is 28.5. The molecular weight excluding hydrogens is 1260 g/mol. The number of nitriles is 1. The Labute approximate surface area is 546 Å². The number of nitrogens with zero attached hydrogens (tertiary/aromatic N) is 10. The Hall–Kier alpha value is -4.42. The van der Waals surface area contributed by atoms with Crippen LogP contribution in [-0.4, -0.2) is 175 Å². The average molecular weight is 1360 g/mol. The van der Waals surface area contributed by atoms with E-state index in [0.717, 1.165) is 49.3 Å². The molecule has 90 heavy (non-hydrogen) atoms. The first kappa shape index (κ1) is 73.0. The molecule has 25 nitrogen and oxygen atoms in total. The molecule has 4 fully saturated rings. The van der Waals surface area contributed by atoms with Crippen LogP contribution in [0.2, 0.25) is 51.4 Å². The summed E-state index contributed by atoms with van der Waals surface area (Å²) < 4.78 is 49.8. The van der Waals surface area contributed by atoms with Crippen molar-refractivity contribution < 1.29 is 51.9 Å². The van der Waals surface area contributed by atoms with E-state index < -0.39 is 43.0 Å². The molecule has 0 spiro atoms. The number of Topliss-reactive ketones (excluding diaryl/α,β-unsaturated/α-hetero) is 1. The molecule has 500 valence electrons. The number of hydrogen-bond acceptors (Lipinski definition) is 24. The first-order chi connectivity index (χ1) is 42.9. The van der Waals surface area contributed by atoms with Gasteiger partial charge in [0, 0.05) is 76.6 Å². The van der Waals surface area contributed by atoms with Crippen molar-refractivity contribution in [3.05, 3.63) is 12.7 Å². The number of aromatic nitrogens is 8. The van der Waals surface area contributed by atoms with Crippen molar-refractivity contribution >= 4 is 116 Å². The second-order valence-electron chi connectivity index (χ2n) is 25.9. The molecule has 31 heteroatoms. The van der Waals surface area contributed by atoms with Crippen LogP contribution in [0.4, 0.5) is 11.9 Å². The number of carbonyl (C=O) groups is 4. The van der Waals surface area contributed by atoms with Crippen molar-refractivity contribution in [3.63, 3.8) is 0 Å². The van der Waals surface area contributed by atoms with Gasteiger partial charge < -0.3 is 58.8 Å². The summed E-state index contributed by atoms with van der Waals surface area (Å²) in [7, 11) is -0.502. The number of ketones is 1. The minimum atomic E-state index is -1.43. The number of hydrogen-bond donors (Lipinski definition) is 4. The fourth-order valence-corrected chi connectivity index (χ4v) is 17.8. The second-order valence-corrected chi connectivity index (χ2v) is 42.8. The Morgan fingerprint density at radius 3 is 1.74 bits per heavy atom. The van der Waals surface area contributed by atoms with Gasteiger partial charge >= 0.3 is 5.97 Å². The molecule has 8 rings (SSSR count). The van der Waals surface area contributed by atoms with E-state index >= 15 is 0 Å². The number of thioether (sulfide) groups is 1.